The molecule has 2 aromatic rings. The molecule has 1 nitrogen and oxygen atoms in total. The van der Waals surface area contributed by atoms with Gasteiger partial charge in [0.25, 0.3) is 0 Å². The molecule has 0 bridgehead atoms. The van der Waals surface area contributed by atoms with Crippen LogP contribution in [0.25, 0.3) is 0 Å². The molecule has 1 aliphatic heterocycles. The Morgan fingerprint density at radius 2 is 1.85 bits per heavy atom. The monoisotopic (exact) mass is 265 g/mol. The van der Waals surface area contributed by atoms with Gasteiger partial charge in [-0.25, -0.2) is 4.39 Å². The summed E-state index contributed by atoms with van der Waals surface area (Å²) in [6.07, 6.45) is 5.51. The van der Waals surface area contributed by atoms with E-state index in [1.807, 2.05) is 30.3 Å². The van der Waals surface area contributed by atoms with Crippen molar-refractivity contribution in [3.05, 3.63) is 77.6 Å². The van der Waals surface area contributed by atoms with Crippen LogP contribution in [0.3, 0.4) is 0 Å². The fraction of sp³-hybridized carbons (Fsp3) is 0.222. The van der Waals surface area contributed by atoms with Gasteiger partial charge in [0.05, 0.1) is 11.7 Å². The number of halogens is 1. The van der Waals surface area contributed by atoms with Crippen LogP contribution in [0.1, 0.15) is 29.5 Å². The van der Waals surface area contributed by atoms with Crippen molar-refractivity contribution in [2.24, 2.45) is 5.92 Å². The quantitative estimate of drug-likeness (QED) is 0.740. The van der Waals surface area contributed by atoms with Crippen LogP contribution in [-0.4, -0.2) is 0 Å². The van der Waals surface area contributed by atoms with Crippen LogP contribution in [0.4, 0.5) is 10.1 Å². The minimum atomic E-state index is -0.151. The van der Waals surface area contributed by atoms with Crippen molar-refractivity contribution in [1.82, 2.24) is 0 Å². The predicted octanol–water partition coefficient (Wildman–Crippen LogP) is 4.65. The number of para-hydroxylation sites is 1. The molecule has 0 fully saturated rings. The summed E-state index contributed by atoms with van der Waals surface area (Å²) in [7, 11) is 0. The van der Waals surface area contributed by atoms with Gasteiger partial charge < -0.3 is 5.32 Å². The second-order valence-corrected chi connectivity index (χ2v) is 5.59. The van der Waals surface area contributed by atoms with Gasteiger partial charge in [-0.15, -0.1) is 0 Å². The Morgan fingerprint density at radius 3 is 2.70 bits per heavy atom. The molecule has 0 spiro atoms. The average Bonchev–Trinajstić information content (AvgIpc) is 2.97. The number of benzene rings is 2. The lowest BCUT2D eigenvalue weighted by molar-refractivity contribution is 0.421. The molecule has 2 aromatic carbocycles. The van der Waals surface area contributed by atoms with Crippen molar-refractivity contribution in [3.8, 4) is 0 Å². The van der Waals surface area contributed by atoms with Crippen LogP contribution in [0.15, 0.2) is 60.7 Å². The minimum absolute atomic E-state index is 0.151. The van der Waals surface area contributed by atoms with E-state index in [0.29, 0.717) is 17.5 Å². The van der Waals surface area contributed by atoms with E-state index in [0.717, 1.165) is 12.0 Å². The molecule has 0 saturated heterocycles. The smallest absolute Gasteiger partial charge is 0.146 e. The van der Waals surface area contributed by atoms with Gasteiger partial charge in [0, 0.05) is 5.92 Å². The van der Waals surface area contributed by atoms with E-state index in [-0.39, 0.29) is 11.9 Å². The summed E-state index contributed by atoms with van der Waals surface area (Å²) in [6.45, 7) is 0. The number of rotatable bonds is 1. The van der Waals surface area contributed by atoms with Gasteiger partial charge in [-0.2, -0.15) is 0 Å². The molecule has 1 heterocycles. The molecule has 1 N–H and O–H groups in total. The van der Waals surface area contributed by atoms with Gasteiger partial charge in [-0.3, -0.25) is 0 Å². The number of anilines is 1. The SMILES string of the molecule is Fc1cccc2c1N[C@@H](c1ccccc1)[C@H]1CC=C[C@H]21. The standard InChI is InChI=1S/C18H16FN/c19-16-11-5-10-15-13-8-4-9-14(13)17(20-18(15)16)12-6-2-1-3-7-12/h1-8,10-11,13-14,17,20H,9H2/t13-,14-,17-/m0/s1. The molecule has 3 atom stereocenters. The summed E-state index contributed by atoms with van der Waals surface area (Å²) < 4.78 is 14.1. The number of hydrogen-bond donors (Lipinski definition) is 1. The lowest BCUT2D eigenvalue weighted by Crippen LogP contribution is -2.29. The van der Waals surface area contributed by atoms with Crippen LogP contribution in [0, 0.1) is 11.7 Å². The van der Waals surface area contributed by atoms with Gasteiger partial charge in [0.15, 0.2) is 0 Å². The summed E-state index contributed by atoms with van der Waals surface area (Å²) in [6, 6.07) is 15.9. The minimum Gasteiger partial charge on any atom is -0.375 e. The van der Waals surface area contributed by atoms with Crippen molar-refractivity contribution in [2.75, 3.05) is 5.32 Å². The summed E-state index contributed by atoms with van der Waals surface area (Å²) in [5, 5.41) is 3.44. The Morgan fingerprint density at radius 1 is 1.00 bits per heavy atom. The van der Waals surface area contributed by atoms with Crippen molar-refractivity contribution in [2.45, 2.75) is 18.4 Å². The maximum Gasteiger partial charge on any atom is 0.146 e. The highest BCUT2D eigenvalue weighted by Crippen LogP contribution is 2.50. The van der Waals surface area contributed by atoms with Gasteiger partial charge in [-0.05, 0) is 29.5 Å². The largest absolute Gasteiger partial charge is 0.375 e. The normalized spacial score (nSPS) is 26.8. The van der Waals surface area contributed by atoms with Gasteiger partial charge in [0.2, 0.25) is 0 Å². The fourth-order valence-corrected chi connectivity index (χ4v) is 3.57. The summed E-state index contributed by atoms with van der Waals surface area (Å²) >= 11 is 0. The number of nitrogens with one attached hydrogen (secondary N) is 1. The molecule has 0 radical (unpaired) electrons. The van der Waals surface area contributed by atoms with E-state index >= 15 is 0 Å². The van der Waals surface area contributed by atoms with E-state index in [4.69, 9.17) is 0 Å². The first-order valence-corrected chi connectivity index (χ1v) is 7.11. The molecule has 2 heteroatoms. The third kappa shape index (κ3) is 1.68. The number of allylic oxidation sites excluding steroid dienone is 2. The molecule has 4 rings (SSSR count). The molecule has 20 heavy (non-hydrogen) atoms. The molecule has 0 aromatic heterocycles. The molecule has 0 saturated carbocycles. The van der Waals surface area contributed by atoms with Crippen LogP contribution in [-0.2, 0) is 0 Å². The molecule has 100 valence electrons. The van der Waals surface area contributed by atoms with Gasteiger partial charge >= 0.3 is 0 Å². The molecule has 0 amide bonds. The van der Waals surface area contributed by atoms with E-state index in [1.54, 1.807) is 0 Å². The zero-order valence-corrected chi connectivity index (χ0v) is 11.1. The Balaban J connectivity index is 1.83. The summed E-state index contributed by atoms with van der Waals surface area (Å²) in [5.74, 6) is 0.654. The van der Waals surface area contributed by atoms with Crippen LogP contribution < -0.4 is 5.32 Å². The highest BCUT2D eigenvalue weighted by atomic mass is 19.1. The van der Waals surface area contributed by atoms with E-state index < -0.39 is 0 Å². The zero-order valence-electron chi connectivity index (χ0n) is 11.1. The van der Waals surface area contributed by atoms with E-state index in [2.05, 4.69) is 29.6 Å². The highest BCUT2D eigenvalue weighted by molar-refractivity contribution is 5.60. The van der Waals surface area contributed by atoms with Crippen molar-refractivity contribution in [1.29, 1.82) is 0 Å². The summed E-state index contributed by atoms with van der Waals surface area (Å²) in [5.41, 5.74) is 3.00. The summed E-state index contributed by atoms with van der Waals surface area (Å²) in [4.78, 5) is 0. The van der Waals surface area contributed by atoms with Crippen molar-refractivity contribution >= 4 is 5.69 Å². The second-order valence-electron chi connectivity index (χ2n) is 5.59. The molecule has 2 aliphatic rings. The lowest BCUT2D eigenvalue weighted by atomic mass is 9.77. The molecule has 0 unspecified atom stereocenters. The second kappa shape index (κ2) is 4.48. The van der Waals surface area contributed by atoms with Gasteiger partial charge in [0.1, 0.15) is 5.82 Å². The first-order chi connectivity index (χ1) is 9.84. The Bertz CT molecular complexity index is 662. The first kappa shape index (κ1) is 11.7. The maximum absolute atomic E-state index is 14.1. The Kier molecular flexibility index (Phi) is 2.62. The third-order valence-electron chi connectivity index (χ3n) is 4.50. The maximum atomic E-state index is 14.1. The molecular formula is C18H16FN. The molecule has 1 aliphatic carbocycles. The number of fused-ring (bicyclic) bond motifs is 3. The van der Waals surface area contributed by atoms with Crippen LogP contribution in [0.2, 0.25) is 0 Å². The first-order valence-electron chi connectivity index (χ1n) is 7.11. The molecular weight excluding hydrogens is 249 g/mol. The highest BCUT2D eigenvalue weighted by Gasteiger charge is 2.38. The average molecular weight is 265 g/mol. The van der Waals surface area contributed by atoms with E-state index in [9.17, 15) is 4.39 Å². The van der Waals surface area contributed by atoms with Gasteiger partial charge in [-0.1, -0.05) is 54.6 Å². The Hall–Kier alpha value is -2.09. The van der Waals surface area contributed by atoms with E-state index in [1.165, 1.54) is 11.6 Å². The van der Waals surface area contributed by atoms with Crippen molar-refractivity contribution in [3.63, 3.8) is 0 Å². The lowest BCUT2D eigenvalue weighted by Gasteiger charge is -2.37. The Labute approximate surface area is 118 Å². The topological polar surface area (TPSA) is 12.0 Å². The number of hydrogen-bond acceptors (Lipinski definition) is 1. The van der Waals surface area contributed by atoms with Crippen LogP contribution in [0.5, 0.6) is 0 Å². The third-order valence-corrected chi connectivity index (χ3v) is 4.50. The van der Waals surface area contributed by atoms with Crippen molar-refractivity contribution < 1.29 is 4.39 Å². The van der Waals surface area contributed by atoms with Crippen LogP contribution >= 0.6 is 0 Å². The zero-order chi connectivity index (χ0) is 13.5. The fourth-order valence-electron chi connectivity index (χ4n) is 3.57. The predicted molar refractivity (Wildman–Crippen MR) is 79.2 cm³/mol.